The lowest BCUT2D eigenvalue weighted by Crippen LogP contribution is -2.63. The van der Waals surface area contributed by atoms with Crippen LogP contribution in [0.3, 0.4) is 0 Å². The highest BCUT2D eigenvalue weighted by Gasteiger charge is 2.41. The molecule has 1 aromatic rings. The van der Waals surface area contributed by atoms with E-state index in [0.717, 1.165) is 17.1 Å². The number of carbonyl (C=O) groups excluding carboxylic acids is 1. The number of benzene rings is 1. The van der Waals surface area contributed by atoms with Crippen LogP contribution < -0.4 is 9.47 Å². The number of rotatable bonds is 4. The molecule has 20 heavy (non-hydrogen) atoms. The summed E-state index contributed by atoms with van der Waals surface area (Å²) in [5.41, 5.74) is 0.405. The Hall–Kier alpha value is -1.75. The van der Waals surface area contributed by atoms with Crippen molar-refractivity contribution in [3.8, 4) is 11.5 Å². The largest absolute Gasteiger partial charge is 0.454 e. The molecule has 0 atom stereocenters. The average molecular weight is 277 g/mol. The number of aryl methyl sites for hydroxylation is 1. The van der Waals surface area contributed by atoms with Crippen molar-refractivity contribution >= 4 is 5.91 Å². The number of nitrogens with zero attached hydrogens (tertiary/aromatic N) is 1. The predicted molar refractivity (Wildman–Crippen MR) is 72.7 cm³/mol. The van der Waals surface area contributed by atoms with Gasteiger partial charge in [-0.3, -0.25) is 4.79 Å². The fraction of sp³-hybridized carbons (Fsp3) is 0.533. The maximum atomic E-state index is 12.0. The van der Waals surface area contributed by atoms with Gasteiger partial charge in [-0.15, -0.1) is 0 Å². The molecule has 0 radical (unpaired) electrons. The summed E-state index contributed by atoms with van der Waals surface area (Å²) in [4.78, 5) is 13.7. The van der Waals surface area contributed by atoms with E-state index < -0.39 is 5.60 Å². The minimum Gasteiger partial charge on any atom is -0.454 e. The Morgan fingerprint density at radius 1 is 1.35 bits per heavy atom. The van der Waals surface area contributed by atoms with Crippen molar-refractivity contribution in [3.05, 3.63) is 23.8 Å². The van der Waals surface area contributed by atoms with E-state index in [1.165, 1.54) is 0 Å². The first kappa shape index (κ1) is 13.2. The van der Waals surface area contributed by atoms with E-state index in [1.807, 2.05) is 25.1 Å². The van der Waals surface area contributed by atoms with Gasteiger partial charge in [0, 0.05) is 6.42 Å². The zero-order valence-electron chi connectivity index (χ0n) is 11.6. The molecule has 1 N–H and O–H groups in total. The molecule has 0 unspecified atom stereocenters. The first-order valence-corrected chi connectivity index (χ1v) is 6.98. The van der Waals surface area contributed by atoms with Crippen LogP contribution in [0.4, 0.5) is 0 Å². The monoisotopic (exact) mass is 277 g/mol. The molecule has 0 saturated carbocycles. The topological polar surface area (TPSA) is 59.0 Å². The molecule has 1 amide bonds. The molecule has 1 aromatic carbocycles. The zero-order valence-corrected chi connectivity index (χ0v) is 11.6. The third-order valence-electron chi connectivity index (χ3n) is 4.05. The van der Waals surface area contributed by atoms with Crippen molar-refractivity contribution in [2.75, 3.05) is 19.9 Å². The van der Waals surface area contributed by atoms with Crippen LogP contribution in [-0.4, -0.2) is 41.4 Å². The molecule has 2 aliphatic rings. The van der Waals surface area contributed by atoms with Gasteiger partial charge in [0.25, 0.3) is 0 Å². The van der Waals surface area contributed by atoms with Gasteiger partial charge >= 0.3 is 0 Å². The van der Waals surface area contributed by atoms with Crippen molar-refractivity contribution in [2.24, 2.45) is 0 Å². The Morgan fingerprint density at radius 3 is 2.85 bits per heavy atom. The van der Waals surface area contributed by atoms with Crippen molar-refractivity contribution in [2.45, 2.75) is 31.8 Å². The second kappa shape index (κ2) is 4.98. The molecule has 0 aromatic heterocycles. The molecule has 0 spiro atoms. The highest BCUT2D eigenvalue weighted by molar-refractivity contribution is 5.77. The van der Waals surface area contributed by atoms with E-state index in [-0.39, 0.29) is 12.7 Å². The van der Waals surface area contributed by atoms with Gasteiger partial charge in [0.2, 0.25) is 12.7 Å². The Balaban J connectivity index is 1.51. The fourth-order valence-electron chi connectivity index (χ4n) is 2.57. The fourth-order valence-corrected chi connectivity index (χ4v) is 2.57. The molecule has 2 aliphatic heterocycles. The van der Waals surface area contributed by atoms with Gasteiger partial charge in [-0.05, 0) is 30.5 Å². The lowest BCUT2D eigenvalue weighted by atomic mass is 9.91. The van der Waals surface area contributed by atoms with E-state index in [4.69, 9.17) is 9.47 Å². The Labute approximate surface area is 118 Å². The average Bonchev–Trinajstić information content (AvgIpc) is 2.88. The molecule has 2 heterocycles. The van der Waals surface area contributed by atoms with Crippen LogP contribution in [0.1, 0.15) is 25.3 Å². The van der Waals surface area contributed by atoms with Crippen LogP contribution in [0, 0.1) is 0 Å². The number of carbonyl (C=O) groups is 1. The van der Waals surface area contributed by atoms with Gasteiger partial charge in [-0.2, -0.15) is 0 Å². The van der Waals surface area contributed by atoms with E-state index >= 15 is 0 Å². The molecule has 1 fully saturated rings. The summed E-state index contributed by atoms with van der Waals surface area (Å²) in [5.74, 6) is 1.61. The van der Waals surface area contributed by atoms with Crippen molar-refractivity contribution in [1.29, 1.82) is 0 Å². The van der Waals surface area contributed by atoms with Gasteiger partial charge in [0.1, 0.15) is 0 Å². The Kier molecular flexibility index (Phi) is 3.30. The summed E-state index contributed by atoms with van der Waals surface area (Å²) >= 11 is 0. The zero-order chi connectivity index (χ0) is 14.2. The second-order valence-corrected chi connectivity index (χ2v) is 5.52. The number of hydrogen-bond acceptors (Lipinski definition) is 4. The quantitative estimate of drug-likeness (QED) is 0.902. The SMILES string of the molecule is CCC1(O)CN(C(=O)CCc2ccc3c(c2)OCO3)C1. The molecule has 0 aliphatic carbocycles. The number of amides is 1. The smallest absolute Gasteiger partial charge is 0.231 e. The van der Waals surface area contributed by atoms with Crippen LogP contribution in [0.5, 0.6) is 11.5 Å². The minimum absolute atomic E-state index is 0.0980. The molecular formula is C15H19NO4. The van der Waals surface area contributed by atoms with Gasteiger partial charge in [-0.1, -0.05) is 13.0 Å². The van der Waals surface area contributed by atoms with Crippen molar-refractivity contribution in [3.63, 3.8) is 0 Å². The molecule has 5 heteroatoms. The Bertz CT molecular complexity index is 523. The molecule has 5 nitrogen and oxygen atoms in total. The number of fused-ring (bicyclic) bond motifs is 1. The molecular weight excluding hydrogens is 258 g/mol. The van der Waals surface area contributed by atoms with Gasteiger partial charge < -0.3 is 19.5 Å². The maximum absolute atomic E-state index is 12.0. The van der Waals surface area contributed by atoms with Crippen molar-refractivity contribution < 1.29 is 19.4 Å². The van der Waals surface area contributed by atoms with Crippen LogP contribution in [0.15, 0.2) is 18.2 Å². The molecule has 1 saturated heterocycles. The summed E-state index contributed by atoms with van der Waals surface area (Å²) in [5, 5.41) is 9.90. The number of likely N-dealkylation sites (tertiary alicyclic amines) is 1. The highest BCUT2D eigenvalue weighted by Crippen LogP contribution is 2.33. The van der Waals surface area contributed by atoms with E-state index in [0.29, 0.717) is 32.4 Å². The normalized spacial score (nSPS) is 18.8. The first-order valence-electron chi connectivity index (χ1n) is 6.98. The van der Waals surface area contributed by atoms with Crippen molar-refractivity contribution in [1.82, 2.24) is 4.90 Å². The van der Waals surface area contributed by atoms with Gasteiger partial charge in [0.05, 0.1) is 18.7 Å². The number of hydrogen-bond donors (Lipinski definition) is 1. The van der Waals surface area contributed by atoms with Gasteiger partial charge in [-0.25, -0.2) is 0 Å². The lowest BCUT2D eigenvalue weighted by molar-refractivity contribution is -0.155. The summed E-state index contributed by atoms with van der Waals surface area (Å²) in [6, 6.07) is 5.76. The third kappa shape index (κ3) is 2.45. The summed E-state index contributed by atoms with van der Waals surface area (Å²) in [7, 11) is 0. The first-order chi connectivity index (χ1) is 9.59. The standard InChI is InChI=1S/C15H19NO4/c1-2-15(18)8-16(9-15)14(17)6-4-11-3-5-12-13(7-11)20-10-19-12/h3,5,7,18H,2,4,6,8-10H2,1H3. The van der Waals surface area contributed by atoms with Gasteiger partial charge in [0.15, 0.2) is 11.5 Å². The summed E-state index contributed by atoms with van der Waals surface area (Å²) in [6.45, 7) is 3.13. The van der Waals surface area contributed by atoms with Crippen LogP contribution in [0.2, 0.25) is 0 Å². The van der Waals surface area contributed by atoms with Crippen LogP contribution >= 0.6 is 0 Å². The van der Waals surface area contributed by atoms with Crippen LogP contribution in [-0.2, 0) is 11.2 Å². The number of aliphatic hydroxyl groups is 1. The minimum atomic E-state index is -0.658. The lowest BCUT2D eigenvalue weighted by Gasteiger charge is -2.46. The second-order valence-electron chi connectivity index (χ2n) is 5.52. The number of ether oxygens (including phenoxy) is 2. The van der Waals surface area contributed by atoms with E-state index in [2.05, 4.69) is 0 Å². The Morgan fingerprint density at radius 2 is 2.10 bits per heavy atom. The van der Waals surface area contributed by atoms with E-state index in [1.54, 1.807) is 4.90 Å². The third-order valence-corrected chi connectivity index (χ3v) is 4.05. The number of β-amino-alcohol motifs (C(OH)–C–C–N with tert-alkyl or cyclic N) is 1. The highest BCUT2D eigenvalue weighted by atomic mass is 16.7. The summed E-state index contributed by atoms with van der Waals surface area (Å²) in [6.07, 6.45) is 1.83. The van der Waals surface area contributed by atoms with E-state index in [9.17, 15) is 9.90 Å². The molecule has 108 valence electrons. The predicted octanol–water partition coefficient (Wildman–Crippen LogP) is 1.33. The van der Waals surface area contributed by atoms with Crippen LogP contribution in [0.25, 0.3) is 0 Å². The molecule has 0 bridgehead atoms. The molecule has 3 rings (SSSR count). The maximum Gasteiger partial charge on any atom is 0.231 e. The summed E-state index contributed by atoms with van der Waals surface area (Å²) < 4.78 is 10.6.